The Labute approximate surface area is 139 Å². The third kappa shape index (κ3) is 2.23. The van der Waals surface area contributed by atoms with E-state index in [9.17, 15) is 10.2 Å². The van der Waals surface area contributed by atoms with E-state index < -0.39 is 6.48 Å². The molecular formula is C20H30O3. The van der Waals surface area contributed by atoms with E-state index in [4.69, 9.17) is 4.74 Å². The molecule has 0 aromatic carbocycles. The summed E-state index contributed by atoms with van der Waals surface area (Å²) in [5.41, 5.74) is 2.15. The molecule has 4 rings (SSSR count). The van der Waals surface area contributed by atoms with Crippen LogP contribution in [0.25, 0.3) is 0 Å². The van der Waals surface area contributed by atoms with Crippen molar-refractivity contribution in [1.82, 2.24) is 0 Å². The van der Waals surface area contributed by atoms with Crippen LogP contribution in [0.2, 0.25) is 0 Å². The van der Waals surface area contributed by atoms with Gasteiger partial charge in [-0.2, -0.15) is 0 Å². The Morgan fingerprint density at radius 1 is 1.09 bits per heavy atom. The van der Waals surface area contributed by atoms with Crippen LogP contribution >= 0.6 is 0 Å². The molecule has 0 aliphatic heterocycles. The standard InChI is InChI=1S/C20H30O3/c1-19-11-4-3-5-13(19)6-7-14-15-8-9-17(23-18(21)22)20(15,2)12-10-16(14)19/h5,9,14-16,18,21-22H,3-4,6-8,10-12H2,1-2H3/t14-,15-,16-,19-,20-/m0/s1. The van der Waals surface area contributed by atoms with Crippen molar-refractivity contribution in [2.75, 3.05) is 0 Å². The van der Waals surface area contributed by atoms with Gasteiger partial charge >= 0.3 is 6.48 Å². The lowest BCUT2D eigenvalue weighted by molar-refractivity contribution is -0.224. The number of hydrogen-bond donors (Lipinski definition) is 2. The van der Waals surface area contributed by atoms with Crippen LogP contribution in [-0.2, 0) is 4.74 Å². The molecule has 0 aromatic heterocycles. The molecule has 0 unspecified atom stereocenters. The fraction of sp³-hybridized carbons (Fsp3) is 0.800. The van der Waals surface area contributed by atoms with Gasteiger partial charge in [0.25, 0.3) is 0 Å². The summed E-state index contributed by atoms with van der Waals surface area (Å²) in [5.74, 6) is 2.98. The van der Waals surface area contributed by atoms with E-state index >= 15 is 0 Å². The second kappa shape index (κ2) is 5.35. The lowest BCUT2D eigenvalue weighted by atomic mass is 9.47. The highest BCUT2D eigenvalue weighted by atomic mass is 16.7. The third-order valence-electron chi connectivity index (χ3n) is 7.77. The zero-order valence-electron chi connectivity index (χ0n) is 14.4. The number of hydrogen-bond acceptors (Lipinski definition) is 3. The minimum absolute atomic E-state index is 0.00286. The second-order valence-electron chi connectivity index (χ2n) is 8.66. The van der Waals surface area contributed by atoms with Crippen molar-refractivity contribution in [3.05, 3.63) is 23.5 Å². The summed E-state index contributed by atoms with van der Waals surface area (Å²) in [6.45, 7) is 3.12. The fourth-order valence-corrected chi connectivity index (χ4v) is 6.58. The van der Waals surface area contributed by atoms with E-state index in [2.05, 4.69) is 26.0 Å². The maximum atomic E-state index is 9.23. The van der Waals surface area contributed by atoms with Gasteiger partial charge in [-0.3, -0.25) is 0 Å². The van der Waals surface area contributed by atoms with Crippen LogP contribution < -0.4 is 0 Å². The Hall–Kier alpha value is -0.800. The quantitative estimate of drug-likeness (QED) is 0.595. The van der Waals surface area contributed by atoms with Crippen molar-refractivity contribution in [2.45, 2.75) is 71.7 Å². The molecule has 3 heteroatoms. The molecule has 2 fully saturated rings. The van der Waals surface area contributed by atoms with Crippen LogP contribution in [0.3, 0.4) is 0 Å². The van der Waals surface area contributed by atoms with Crippen molar-refractivity contribution in [3.63, 3.8) is 0 Å². The SMILES string of the molecule is C[C@]12CCCC=C1CC[C@@H]1[C@@H]2CC[C@]2(C)C(OC(O)O)=CC[C@@H]12. The average Bonchev–Trinajstić information content (AvgIpc) is 2.83. The van der Waals surface area contributed by atoms with Crippen LogP contribution in [0.15, 0.2) is 23.5 Å². The van der Waals surface area contributed by atoms with Gasteiger partial charge in [-0.05, 0) is 80.6 Å². The van der Waals surface area contributed by atoms with Crippen molar-refractivity contribution in [1.29, 1.82) is 0 Å². The highest BCUT2D eigenvalue weighted by molar-refractivity contribution is 5.27. The van der Waals surface area contributed by atoms with Gasteiger partial charge < -0.3 is 14.9 Å². The lowest BCUT2D eigenvalue weighted by Gasteiger charge is -2.57. The molecule has 5 atom stereocenters. The van der Waals surface area contributed by atoms with Crippen molar-refractivity contribution >= 4 is 0 Å². The van der Waals surface area contributed by atoms with E-state index in [0.29, 0.717) is 11.3 Å². The molecule has 0 aromatic rings. The van der Waals surface area contributed by atoms with Gasteiger partial charge in [0.05, 0.1) is 0 Å². The molecule has 128 valence electrons. The van der Waals surface area contributed by atoms with Gasteiger partial charge in [0.2, 0.25) is 0 Å². The largest absolute Gasteiger partial charge is 0.446 e. The molecule has 3 nitrogen and oxygen atoms in total. The zero-order valence-corrected chi connectivity index (χ0v) is 14.4. The molecule has 4 aliphatic rings. The maximum Gasteiger partial charge on any atom is 0.310 e. The minimum Gasteiger partial charge on any atom is -0.446 e. The van der Waals surface area contributed by atoms with E-state index in [1.165, 1.54) is 38.5 Å². The molecule has 0 radical (unpaired) electrons. The minimum atomic E-state index is -1.69. The number of fused-ring (bicyclic) bond motifs is 5. The number of aliphatic hydroxyl groups excluding tert-OH is 1. The first-order valence-electron chi connectivity index (χ1n) is 9.38. The monoisotopic (exact) mass is 318 g/mol. The van der Waals surface area contributed by atoms with Gasteiger partial charge in [-0.15, -0.1) is 0 Å². The van der Waals surface area contributed by atoms with Crippen molar-refractivity contribution < 1.29 is 14.9 Å². The summed E-state index contributed by atoms with van der Waals surface area (Å²) < 4.78 is 5.36. The van der Waals surface area contributed by atoms with Gasteiger partial charge in [-0.25, -0.2) is 0 Å². The molecule has 0 heterocycles. The normalized spacial score (nSPS) is 45.7. The van der Waals surface area contributed by atoms with E-state index in [0.717, 1.165) is 30.4 Å². The lowest BCUT2D eigenvalue weighted by Crippen LogP contribution is -2.49. The second-order valence-corrected chi connectivity index (χ2v) is 8.66. The van der Waals surface area contributed by atoms with Crippen molar-refractivity contribution in [3.8, 4) is 0 Å². The Morgan fingerprint density at radius 2 is 1.91 bits per heavy atom. The Bertz CT molecular complexity index is 549. The highest BCUT2D eigenvalue weighted by Gasteiger charge is 2.57. The predicted molar refractivity (Wildman–Crippen MR) is 89.1 cm³/mol. The molecular weight excluding hydrogens is 288 g/mol. The molecule has 0 bridgehead atoms. The van der Waals surface area contributed by atoms with E-state index in [-0.39, 0.29) is 5.41 Å². The van der Waals surface area contributed by atoms with E-state index in [1.54, 1.807) is 5.57 Å². The van der Waals surface area contributed by atoms with Gasteiger partial charge in [0.1, 0.15) is 5.76 Å². The maximum absolute atomic E-state index is 9.23. The number of aliphatic hydroxyl groups is 2. The fourth-order valence-electron chi connectivity index (χ4n) is 6.58. The number of rotatable bonds is 2. The Morgan fingerprint density at radius 3 is 2.70 bits per heavy atom. The average molecular weight is 318 g/mol. The smallest absolute Gasteiger partial charge is 0.310 e. The Balaban J connectivity index is 1.61. The van der Waals surface area contributed by atoms with Crippen LogP contribution in [0, 0.1) is 28.6 Å². The summed E-state index contributed by atoms with van der Waals surface area (Å²) in [7, 11) is 0. The third-order valence-corrected chi connectivity index (χ3v) is 7.77. The molecule has 0 spiro atoms. The van der Waals surface area contributed by atoms with Crippen LogP contribution in [0.1, 0.15) is 65.2 Å². The summed E-state index contributed by atoms with van der Waals surface area (Å²) in [6.07, 6.45) is 14.6. The zero-order chi connectivity index (χ0) is 16.2. The van der Waals surface area contributed by atoms with Gasteiger partial charge in [0.15, 0.2) is 0 Å². The van der Waals surface area contributed by atoms with Crippen molar-refractivity contribution in [2.24, 2.45) is 28.6 Å². The van der Waals surface area contributed by atoms with Crippen LogP contribution in [0.4, 0.5) is 0 Å². The number of allylic oxidation sites excluding steroid dienone is 4. The first-order chi connectivity index (χ1) is 10.9. The van der Waals surface area contributed by atoms with Crippen LogP contribution in [-0.4, -0.2) is 16.7 Å². The summed E-state index contributed by atoms with van der Waals surface area (Å²) in [5, 5.41) is 18.5. The summed E-state index contributed by atoms with van der Waals surface area (Å²) in [6, 6.07) is 0. The van der Waals surface area contributed by atoms with E-state index in [1.807, 2.05) is 0 Å². The first-order valence-corrected chi connectivity index (χ1v) is 9.38. The predicted octanol–water partition coefficient (Wildman–Crippen LogP) is 4.12. The number of ether oxygens (including phenoxy) is 1. The summed E-state index contributed by atoms with van der Waals surface area (Å²) >= 11 is 0. The topological polar surface area (TPSA) is 49.7 Å². The van der Waals surface area contributed by atoms with Gasteiger partial charge in [-0.1, -0.05) is 25.5 Å². The molecule has 2 N–H and O–H groups in total. The first kappa shape index (κ1) is 15.7. The summed E-state index contributed by atoms with van der Waals surface area (Å²) in [4.78, 5) is 0. The van der Waals surface area contributed by atoms with Gasteiger partial charge in [0, 0.05) is 5.41 Å². The molecule has 0 amide bonds. The molecule has 0 saturated heterocycles. The molecule has 2 saturated carbocycles. The molecule has 23 heavy (non-hydrogen) atoms. The Kier molecular flexibility index (Phi) is 3.66. The van der Waals surface area contributed by atoms with Crippen LogP contribution in [0.5, 0.6) is 0 Å². The highest BCUT2D eigenvalue weighted by Crippen LogP contribution is 2.65. The molecule has 4 aliphatic carbocycles.